The summed E-state index contributed by atoms with van der Waals surface area (Å²) in [5.41, 5.74) is 2.77. The van der Waals surface area contributed by atoms with Gasteiger partial charge in [-0.1, -0.05) is 29.8 Å². The number of thiophene rings is 1. The van der Waals surface area contributed by atoms with Crippen LogP contribution >= 0.6 is 22.9 Å². The molecule has 0 saturated heterocycles. The van der Waals surface area contributed by atoms with Gasteiger partial charge in [-0.3, -0.25) is 4.79 Å². The molecule has 0 fully saturated rings. The molecular formula is C18H12ClN3OS. The van der Waals surface area contributed by atoms with Crippen LogP contribution in [-0.2, 0) is 0 Å². The van der Waals surface area contributed by atoms with Gasteiger partial charge in [-0.2, -0.15) is 0 Å². The highest BCUT2D eigenvalue weighted by Gasteiger charge is 2.14. The second-order valence-corrected chi connectivity index (χ2v) is 6.77. The summed E-state index contributed by atoms with van der Waals surface area (Å²) in [7, 11) is 0. The first-order chi connectivity index (χ1) is 11.6. The zero-order chi connectivity index (χ0) is 16.7. The number of pyridine rings is 1. The molecule has 0 bridgehead atoms. The van der Waals surface area contributed by atoms with Crippen LogP contribution in [0.15, 0.2) is 52.6 Å². The molecule has 3 aromatic heterocycles. The second kappa shape index (κ2) is 5.85. The van der Waals surface area contributed by atoms with Gasteiger partial charge in [0.1, 0.15) is 5.82 Å². The molecule has 4 rings (SSSR count). The fourth-order valence-corrected chi connectivity index (χ4v) is 3.47. The Bertz CT molecular complexity index is 1090. The Hall–Kier alpha value is -2.50. The number of fused-ring (bicyclic) bond motifs is 1. The van der Waals surface area contributed by atoms with Crippen molar-refractivity contribution >= 4 is 34.0 Å². The van der Waals surface area contributed by atoms with Crippen molar-refractivity contribution in [2.24, 2.45) is 0 Å². The number of rotatable bonds is 2. The number of aromatic nitrogens is 3. The van der Waals surface area contributed by atoms with Crippen LogP contribution in [0.1, 0.15) is 5.82 Å². The molecule has 4 aromatic rings. The van der Waals surface area contributed by atoms with E-state index in [1.165, 1.54) is 0 Å². The summed E-state index contributed by atoms with van der Waals surface area (Å²) in [6.45, 7) is 1.75. The standard InChI is InChI=1S/C18H12ClN3OS/c1-10-20-17-16(18(23)21-10)13(11-4-6-12(19)7-5-11)9-14(22-17)15-3-2-8-24-15/h2-9H,1H3,(H,20,21,22,23). The van der Waals surface area contributed by atoms with Crippen molar-refractivity contribution in [2.45, 2.75) is 6.92 Å². The number of hydrogen-bond acceptors (Lipinski definition) is 4. The molecule has 0 spiro atoms. The number of hydrogen-bond donors (Lipinski definition) is 1. The van der Waals surface area contributed by atoms with Gasteiger partial charge in [0.15, 0.2) is 5.65 Å². The van der Waals surface area contributed by atoms with Gasteiger partial charge >= 0.3 is 0 Å². The molecule has 0 aliphatic rings. The highest BCUT2D eigenvalue weighted by atomic mass is 35.5. The number of H-pyrrole nitrogens is 1. The van der Waals surface area contributed by atoms with Crippen molar-refractivity contribution in [1.82, 2.24) is 15.0 Å². The lowest BCUT2D eigenvalue weighted by atomic mass is 10.0. The third-order valence-electron chi connectivity index (χ3n) is 3.72. The normalized spacial score (nSPS) is 11.1. The van der Waals surface area contributed by atoms with Crippen LogP contribution < -0.4 is 5.56 Å². The zero-order valence-electron chi connectivity index (χ0n) is 12.7. The molecule has 1 N–H and O–H groups in total. The summed E-state index contributed by atoms with van der Waals surface area (Å²) in [5.74, 6) is 0.547. The first-order valence-corrected chi connectivity index (χ1v) is 8.59. The molecule has 24 heavy (non-hydrogen) atoms. The summed E-state index contributed by atoms with van der Waals surface area (Å²) >= 11 is 7.59. The van der Waals surface area contributed by atoms with Crippen molar-refractivity contribution in [3.8, 4) is 21.7 Å². The third-order valence-corrected chi connectivity index (χ3v) is 4.87. The van der Waals surface area contributed by atoms with Gasteiger partial charge in [0.05, 0.1) is 16.0 Å². The van der Waals surface area contributed by atoms with E-state index in [0.717, 1.165) is 21.7 Å². The highest BCUT2D eigenvalue weighted by molar-refractivity contribution is 7.13. The molecule has 1 aromatic carbocycles. The third kappa shape index (κ3) is 2.62. The van der Waals surface area contributed by atoms with E-state index in [1.54, 1.807) is 18.3 Å². The number of aryl methyl sites for hydroxylation is 1. The molecule has 0 aliphatic carbocycles. The Balaban J connectivity index is 2.09. The molecule has 0 amide bonds. The lowest BCUT2D eigenvalue weighted by molar-refractivity contribution is 1.04. The average Bonchev–Trinajstić information content (AvgIpc) is 3.08. The van der Waals surface area contributed by atoms with Crippen LogP contribution in [0, 0.1) is 6.92 Å². The predicted octanol–water partition coefficient (Wildman–Crippen LogP) is 4.68. The number of nitrogens with one attached hydrogen (secondary N) is 1. The van der Waals surface area contributed by atoms with Crippen LogP contribution in [0.25, 0.3) is 32.7 Å². The van der Waals surface area contributed by atoms with Crippen molar-refractivity contribution < 1.29 is 0 Å². The molecule has 0 saturated carbocycles. The number of benzene rings is 1. The molecular weight excluding hydrogens is 342 g/mol. The number of nitrogens with zero attached hydrogens (tertiary/aromatic N) is 2. The minimum atomic E-state index is -0.187. The summed E-state index contributed by atoms with van der Waals surface area (Å²) in [4.78, 5) is 25.3. The SMILES string of the molecule is Cc1nc2nc(-c3cccs3)cc(-c3ccc(Cl)cc3)c2c(=O)[nH]1. The predicted molar refractivity (Wildman–Crippen MR) is 98.7 cm³/mol. The maximum Gasteiger partial charge on any atom is 0.261 e. The van der Waals surface area contributed by atoms with Crippen LogP contribution in [0.2, 0.25) is 5.02 Å². The molecule has 0 atom stereocenters. The number of halogens is 1. The Morgan fingerprint density at radius 1 is 1.12 bits per heavy atom. The van der Waals surface area contributed by atoms with E-state index in [9.17, 15) is 4.79 Å². The van der Waals surface area contributed by atoms with E-state index in [1.807, 2.05) is 47.8 Å². The smallest absolute Gasteiger partial charge is 0.261 e. The van der Waals surface area contributed by atoms with E-state index in [0.29, 0.717) is 21.9 Å². The van der Waals surface area contributed by atoms with E-state index < -0.39 is 0 Å². The van der Waals surface area contributed by atoms with Crippen molar-refractivity contribution in [3.63, 3.8) is 0 Å². The minimum Gasteiger partial charge on any atom is -0.310 e. The van der Waals surface area contributed by atoms with Gasteiger partial charge in [0.2, 0.25) is 0 Å². The van der Waals surface area contributed by atoms with Crippen molar-refractivity contribution in [1.29, 1.82) is 0 Å². The highest BCUT2D eigenvalue weighted by Crippen LogP contribution is 2.32. The first-order valence-electron chi connectivity index (χ1n) is 7.33. The van der Waals surface area contributed by atoms with Gasteiger partial charge in [-0.25, -0.2) is 9.97 Å². The quantitative estimate of drug-likeness (QED) is 0.569. The van der Waals surface area contributed by atoms with Gasteiger partial charge in [-0.15, -0.1) is 11.3 Å². The summed E-state index contributed by atoms with van der Waals surface area (Å²) in [6, 6.07) is 13.3. The van der Waals surface area contributed by atoms with E-state index in [4.69, 9.17) is 11.6 Å². The van der Waals surface area contributed by atoms with Crippen LogP contribution in [0.5, 0.6) is 0 Å². The fraction of sp³-hybridized carbons (Fsp3) is 0.0556. The fourth-order valence-electron chi connectivity index (χ4n) is 2.66. The average molecular weight is 354 g/mol. The number of aromatic amines is 1. The Morgan fingerprint density at radius 2 is 1.92 bits per heavy atom. The summed E-state index contributed by atoms with van der Waals surface area (Å²) < 4.78 is 0. The van der Waals surface area contributed by atoms with Crippen LogP contribution in [-0.4, -0.2) is 15.0 Å². The molecule has 0 radical (unpaired) electrons. The molecule has 6 heteroatoms. The zero-order valence-corrected chi connectivity index (χ0v) is 14.3. The molecule has 4 nitrogen and oxygen atoms in total. The lowest BCUT2D eigenvalue weighted by Gasteiger charge is -2.09. The van der Waals surface area contributed by atoms with Gasteiger partial charge in [0.25, 0.3) is 5.56 Å². The summed E-state index contributed by atoms with van der Waals surface area (Å²) in [5, 5.41) is 3.14. The Kier molecular flexibility index (Phi) is 3.67. The van der Waals surface area contributed by atoms with Crippen molar-refractivity contribution in [2.75, 3.05) is 0 Å². The van der Waals surface area contributed by atoms with Gasteiger partial charge in [-0.05, 0) is 42.1 Å². The van der Waals surface area contributed by atoms with E-state index >= 15 is 0 Å². The lowest BCUT2D eigenvalue weighted by Crippen LogP contribution is -2.12. The molecule has 118 valence electrons. The molecule has 0 aliphatic heterocycles. The molecule has 0 unspecified atom stereocenters. The summed E-state index contributed by atoms with van der Waals surface area (Å²) in [6.07, 6.45) is 0. The monoisotopic (exact) mass is 353 g/mol. The maximum atomic E-state index is 12.5. The largest absolute Gasteiger partial charge is 0.310 e. The Labute approximate surface area is 146 Å². The van der Waals surface area contributed by atoms with Crippen LogP contribution in [0.4, 0.5) is 0 Å². The van der Waals surface area contributed by atoms with Gasteiger partial charge in [0, 0.05) is 10.6 Å². The van der Waals surface area contributed by atoms with Crippen LogP contribution in [0.3, 0.4) is 0 Å². The maximum absolute atomic E-state index is 12.5. The van der Waals surface area contributed by atoms with Crippen molar-refractivity contribution in [3.05, 3.63) is 69.0 Å². The second-order valence-electron chi connectivity index (χ2n) is 5.39. The minimum absolute atomic E-state index is 0.187. The van der Waals surface area contributed by atoms with E-state index in [-0.39, 0.29) is 5.56 Å². The van der Waals surface area contributed by atoms with Gasteiger partial charge < -0.3 is 4.98 Å². The molecule has 3 heterocycles. The Morgan fingerprint density at radius 3 is 2.62 bits per heavy atom. The van der Waals surface area contributed by atoms with E-state index in [2.05, 4.69) is 15.0 Å². The topological polar surface area (TPSA) is 58.6 Å². The first kappa shape index (κ1) is 15.1.